The lowest BCUT2D eigenvalue weighted by molar-refractivity contribution is -0.130. The molecule has 2 aromatic heterocycles. The van der Waals surface area contributed by atoms with Crippen molar-refractivity contribution >= 4 is 17.5 Å². The second kappa shape index (κ2) is 12.4. The van der Waals surface area contributed by atoms with Gasteiger partial charge in [0.25, 0.3) is 0 Å². The first-order valence-electron chi connectivity index (χ1n) is 13.2. The number of carbonyl (C=O) groups excluding carboxylic acids is 2. The molecule has 1 aliphatic rings. The van der Waals surface area contributed by atoms with E-state index in [4.69, 9.17) is 5.73 Å². The van der Waals surface area contributed by atoms with Crippen LogP contribution in [0.5, 0.6) is 0 Å². The van der Waals surface area contributed by atoms with Gasteiger partial charge in [0, 0.05) is 36.0 Å². The van der Waals surface area contributed by atoms with Crippen LogP contribution in [-0.4, -0.2) is 50.0 Å². The van der Waals surface area contributed by atoms with Gasteiger partial charge in [0.05, 0.1) is 0 Å². The Kier molecular flexibility index (Phi) is 8.33. The van der Waals surface area contributed by atoms with Crippen molar-refractivity contribution < 1.29 is 9.59 Å². The third-order valence-corrected chi connectivity index (χ3v) is 7.35. The van der Waals surface area contributed by atoms with Crippen molar-refractivity contribution in [2.45, 2.75) is 38.1 Å². The first kappa shape index (κ1) is 26.2. The molecule has 1 saturated carbocycles. The van der Waals surface area contributed by atoms with Gasteiger partial charge in [-0.25, -0.2) is 0 Å². The van der Waals surface area contributed by atoms with Gasteiger partial charge >= 0.3 is 0 Å². The van der Waals surface area contributed by atoms with Crippen LogP contribution in [0, 0.1) is 11.8 Å². The molecule has 1 aliphatic carbocycles. The van der Waals surface area contributed by atoms with Crippen molar-refractivity contribution in [2.24, 2.45) is 17.6 Å². The van der Waals surface area contributed by atoms with Gasteiger partial charge in [-0.05, 0) is 96.4 Å². The Balaban J connectivity index is 1.29. The quantitative estimate of drug-likeness (QED) is 0.262. The number of hydrogen-bond acceptors (Lipinski definition) is 7. The maximum absolute atomic E-state index is 13.4. The van der Waals surface area contributed by atoms with Crippen LogP contribution in [0.2, 0.25) is 0 Å². The molecule has 5 N–H and O–H groups in total. The monoisotopic (exact) mass is 524 g/mol. The number of tetrazole rings is 1. The molecule has 2 amide bonds. The van der Waals surface area contributed by atoms with Crippen LogP contribution in [0.1, 0.15) is 31.2 Å². The number of nitrogens with one attached hydrogen (secondary N) is 3. The summed E-state index contributed by atoms with van der Waals surface area (Å²) in [6.45, 7) is 0.653. The summed E-state index contributed by atoms with van der Waals surface area (Å²) in [6.07, 6.45) is 7.35. The summed E-state index contributed by atoms with van der Waals surface area (Å²) in [5, 5.41) is 19.9. The predicted octanol–water partition coefficient (Wildman–Crippen LogP) is 3.36. The molecule has 0 aliphatic heterocycles. The van der Waals surface area contributed by atoms with E-state index in [-0.39, 0.29) is 17.7 Å². The number of nitrogens with two attached hydrogens (primary N) is 1. The maximum atomic E-state index is 13.4. The van der Waals surface area contributed by atoms with Gasteiger partial charge in [0.2, 0.25) is 17.6 Å². The van der Waals surface area contributed by atoms with Gasteiger partial charge in [0.15, 0.2) is 0 Å². The molecule has 0 bridgehead atoms. The molecule has 200 valence electrons. The number of nitrogens with zero attached hydrogens (tertiary/aromatic N) is 4. The Morgan fingerprint density at radius 3 is 2.21 bits per heavy atom. The highest BCUT2D eigenvalue weighted by Crippen LogP contribution is 2.28. The van der Waals surface area contributed by atoms with Gasteiger partial charge in [0.1, 0.15) is 6.04 Å². The molecule has 10 heteroatoms. The summed E-state index contributed by atoms with van der Waals surface area (Å²) >= 11 is 0. The average molecular weight is 525 g/mol. The first-order chi connectivity index (χ1) is 19.1. The standard InChI is InChI=1S/C29H32N8O2/c30-18-20-3-7-24(8-4-20)28(38)33-26(17-19-1-5-21(6-2-19)22-13-15-31-16-14-22)29(39)32-25-11-9-23(10-12-25)27-34-36-37-35-27/h1-2,5-6,9-16,20,24,26H,3-4,7-8,17-18,30H2,(H,32,39)(H,33,38)(H,34,35,36,37). The molecule has 0 spiro atoms. The van der Waals surface area contributed by atoms with Crippen LogP contribution < -0.4 is 16.4 Å². The fraction of sp³-hybridized carbons (Fsp3) is 0.310. The number of aromatic nitrogens is 5. The van der Waals surface area contributed by atoms with Crippen molar-refractivity contribution in [3.8, 4) is 22.5 Å². The highest BCUT2D eigenvalue weighted by Gasteiger charge is 2.29. The van der Waals surface area contributed by atoms with Crippen LogP contribution in [0.25, 0.3) is 22.5 Å². The summed E-state index contributed by atoms with van der Waals surface area (Å²) in [5.41, 5.74) is 10.3. The number of hydrogen-bond donors (Lipinski definition) is 4. The van der Waals surface area contributed by atoms with E-state index in [0.717, 1.165) is 47.9 Å². The molecule has 1 fully saturated rings. The third kappa shape index (κ3) is 6.71. The van der Waals surface area contributed by atoms with Crippen molar-refractivity contribution in [1.82, 2.24) is 30.9 Å². The lowest BCUT2D eigenvalue weighted by atomic mass is 9.81. The molecule has 10 nitrogen and oxygen atoms in total. The molecule has 39 heavy (non-hydrogen) atoms. The minimum absolute atomic E-state index is 0.0773. The molecule has 0 radical (unpaired) electrons. The summed E-state index contributed by atoms with van der Waals surface area (Å²) in [6, 6.07) is 18.4. The number of H-pyrrole nitrogens is 1. The number of carbonyl (C=O) groups is 2. The van der Waals surface area contributed by atoms with Gasteiger partial charge in [-0.15, -0.1) is 10.2 Å². The number of anilines is 1. The van der Waals surface area contributed by atoms with Crippen LogP contribution in [0.4, 0.5) is 5.69 Å². The van der Waals surface area contributed by atoms with Crippen LogP contribution >= 0.6 is 0 Å². The van der Waals surface area contributed by atoms with Gasteiger partial charge in [-0.3, -0.25) is 14.6 Å². The van der Waals surface area contributed by atoms with E-state index in [9.17, 15) is 9.59 Å². The smallest absolute Gasteiger partial charge is 0.247 e. The molecular weight excluding hydrogens is 492 g/mol. The Morgan fingerprint density at radius 2 is 1.56 bits per heavy atom. The number of amides is 2. The zero-order valence-electron chi connectivity index (χ0n) is 21.6. The zero-order valence-corrected chi connectivity index (χ0v) is 21.6. The summed E-state index contributed by atoms with van der Waals surface area (Å²) in [4.78, 5) is 30.7. The second-order valence-electron chi connectivity index (χ2n) is 9.95. The molecule has 2 heterocycles. The lowest BCUT2D eigenvalue weighted by Gasteiger charge is -2.28. The Morgan fingerprint density at radius 1 is 0.897 bits per heavy atom. The maximum Gasteiger partial charge on any atom is 0.247 e. The molecule has 1 unspecified atom stereocenters. The molecule has 5 rings (SSSR count). The Labute approximate surface area is 226 Å². The lowest BCUT2D eigenvalue weighted by Crippen LogP contribution is -2.48. The topological polar surface area (TPSA) is 152 Å². The van der Waals surface area contributed by atoms with E-state index in [1.165, 1.54) is 0 Å². The summed E-state index contributed by atoms with van der Waals surface area (Å²) in [7, 11) is 0. The second-order valence-corrected chi connectivity index (χ2v) is 9.95. The van der Waals surface area contributed by atoms with Crippen LogP contribution in [-0.2, 0) is 16.0 Å². The minimum Gasteiger partial charge on any atom is -0.344 e. The van der Waals surface area contributed by atoms with Gasteiger partial charge in [-0.1, -0.05) is 24.3 Å². The van der Waals surface area contributed by atoms with E-state index in [2.05, 4.69) is 36.2 Å². The fourth-order valence-electron chi connectivity index (χ4n) is 4.99. The minimum atomic E-state index is -0.728. The van der Waals surface area contributed by atoms with Gasteiger partial charge < -0.3 is 16.4 Å². The predicted molar refractivity (Wildman–Crippen MR) is 148 cm³/mol. The van der Waals surface area contributed by atoms with E-state index in [1.807, 2.05) is 48.5 Å². The highest BCUT2D eigenvalue weighted by atomic mass is 16.2. The van der Waals surface area contributed by atoms with Crippen LogP contribution in [0.3, 0.4) is 0 Å². The molecule has 0 saturated heterocycles. The van der Waals surface area contributed by atoms with Crippen molar-refractivity contribution in [2.75, 3.05) is 11.9 Å². The summed E-state index contributed by atoms with van der Waals surface area (Å²) < 4.78 is 0. The Bertz CT molecular complexity index is 1350. The fourth-order valence-corrected chi connectivity index (χ4v) is 4.99. The summed E-state index contributed by atoms with van der Waals surface area (Å²) in [5.74, 6) is 0.488. The molecule has 2 aromatic carbocycles. The van der Waals surface area contributed by atoms with Crippen molar-refractivity contribution in [3.63, 3.8) is 0 Å². The first-order valence-corrected chi connectivity index (χ1v) is 13.2. The number of aromatic amines is 1. The van der Waals surface area contributed by atoms with E-state index >= 15 is 0 Å². The normalized spacial score (nSPS) is 17.8. The van der Waals surface area contributed by atoms with E-state index < -0.39 is 6.04 Å². The SMILES string of the molecule is NCC1CCC(C(=O)NC(Cc2ccc(-c3ccncc3)cc2)C(=O)Nc2ccc(-c3nn[nH]n3)cc2)CC1. The number of rotatable bonds is 9. The molecular formula is C29H32N8O2. The number of pyridine rings is 1. The van der Waals surface area contributed by atoms with Gasteiger partial charge in [-0.2, -0.15) is 5.21 Å². The number of benzene rings is 2. The van der Waals surface area contributed by atoms with Crippen molar-refractivity contribution in [1.29, 1.82) is 0 Å². The molecule has 1 atom stereocenters. The van der Waals surface area contributed by atoms with E-state index in [0.29, 0.717) is 30.4 Å². The highest BCUT2D eigenvalue weighted by molar-refractivity contribution is 5.97. The van der Waals surface area contributed by atoms with Crippen molar-refractivity contribution in [3.05, 3.63) is 78.6 Å². The zero-order chi connectivity index (χ0) is 27.0. The Hall–Kier alpha value is -4.44. The molecule has 4 aromatic rings. The largest absolute Gasteiger partial charge is 0.344 e. The third-order valence-electron chi connectivity index (χ3n) is 7.35. The van der Waals surface area contributed by atoms with E-state index in [1.54, 1.807) is 24.5 Å². The average Bonchev–Trinajstić information content (AvgIpc) is 3.53. The van der Waals surface area contributed by atoms with Crippen LogP contribution in [0.15, 0.2) is 73.1 Å².